The van der Waals surface area contributed by atoms with E-state index in [2.05, 4.69) is 26.5 Å². The van der Waals surface area contributed by atoms with Crippen LogP contribution in [0.1, 0.15) is 22.8 Å². The van der Waals surface area contributed by atoms with E-state index in [1.165, 1.54) is 0 Å². The van der Waals surface area contributed by atoms with Gasteiger partial charge in [-0.15, -0.1) is 0 Å². The van der Waals surface area contributed by atoms with Crippen molar-refractivity contribution in [3.8, 4) is 0 Å². The van der Waals surface area contributed by atoms with Crippen LogP contribution < -0.4 is 5.43 Å². The largest absolute Gasteiger partial charge is 0.271 e. The van der Waals surface area contributed by atoms with Crippen LogP contribution in [0.2, 0.25) is 5.02 Å². The van der Waals surface area contributed by atoms with Crippen LogP contribution in [-0.2, 0) is 0 Å². The summed E-state index contributed by atoms with van der Waals surface area (Å²) in [6, 6.07) is 14.4. The number of carbonyl (C=O) groups excluding carboxylic acids is 1. The minimum atomic E-state index is -0.245. The summed E-state index contributed by atoms with van der Waals surface area (Å²) in [6.07, 6.45) is 0. The Labute approximate surface area is 130 Å². The van der Waals surface area contributed by atoms with Crippen molar-refractivity contribution in [2.24, 2.45) is 5.10 Å². The number of hydrogen-bond acceptors (Lipinski definition) is 2. The Hall–Kier alpha value is -1.65. The molecule has 0 spiro atoms. The average molecular weight is 352 g/mol. The quantitative estimate of drug-likeness (QED) is 0.651. The zero-order chi connectivity index (χ0) is 14.5. The summed E-state index contributed by atoms with van der Waals surface area (Å²) in [5.74, 6) is -0.245. The predicted octanol–water partition coefficient (Wildman–Crippen LogP) is 4.26. The topological polar surface area (TPSA) is 41.5 Å². The van der Waals surface area contributed by atoms with Gasteiger partial charge in [0.15, 0.2) is 0 Å². The lowest BCUT2D eigenvalue weighted by Gasteiger charge is -2.03. The molecule has 0 unspecified atom stereocenters. The number of nitrogens with zero attached hydrogens (tertiary/aromatic N) is 1. The van der Waals surface area contributed by atoms with Gasteiger partial charge in [-0.05, 0) is 48.9 Å². The fourth-order valence-corrected chi connectivity index (χ4v) is 1.95. The summed E-state index contributed by atoms with van der Waals surface area (Å²) in [4.78, 5) is 11.9. The molecule has 1 N–H and O–H groups in total. The molecule has 0 aliphatic heterocycles. The van der Waals surface area contributed by atoms with Crippen molar-refractivity contribution in [2.75, 3.05) is 0 Å². The van der Waals surface area contributed by atoms with Crippen LogP contribution in [0.4, 0.5) is 0 Å². The Balaban J connectivity index is 2.06. The molecule has 0 aliphatic carbocycles. The minimum Gasteiger partial charge on any atom is -0.267 e. The highest BCUT2D eigenvalue weighted by Crippen LogP contribution is 2.11. The second-order valence-electron chi connectivity index (χ2n) is 4.15. The SMILES string of the molecule is C/C(=N/NC(=O)c1ccc(Br)cc1)c1ccc(Cl)cc1. The van der Waals surface area contributed by atoms with Crippen molar-refractivity contribution in [1.29, 1.82) is 0 Å². The van der Waals surface area contributed by atoms with Crippen molar-refractivity contribution in [1.82, 2.24) is 5.43 Å². The van der Waals surface area contributed by atoms with Crippen molar-refractivity contribution in [3.63, 3.8) is 0 Å². The fraction of sp³-hybridized carbons (Fsp3) is 0.0667. The van der Waals surface area contributed by atoms with Crippen molar-refractivity contribution >= 4 is 39.1 Å². The molecule has 0 fully saturated rings. The predicted molar refractivity (Wildman–Crippen MR) is 85.3 cm³/mol. The molecule has 0 aliphatic rings. The van der Waals surface area contributed by atoms with Crippen molar-refractivity contribution in [2.45, 2.75) is 6.92 Å². The molecule has 0 aromatic heterocycles. The number of nitrogens with one attached hydrogen (secondary N) is 1. The third-order valence-corrected chi connectivity index (χ3v) is 3.47. The van der Waals surface area contributed by atoms with Crippen LogP contribution in [0.3, 0.4) is 0 Å². The van der Waals surface area contributed by atoms with Crippen LogP contribution in [0.25, 0.3) is 0 Å². The molecule has 0 saturated heterocycles. The van der Waals surface area contributed by atoms with Gasteiger partial charge in [0.05, 0.1) is 5.71 Å². The van der Waals surface area contributed by atoms with Gasteiger partial charge in [-0.2, -0.15) is 5.10 Å². The van der Waals surface area contributed by atoms with E-state index < -0.39 is 0 Å². The molecule has 2 rings (SSSR count). The van der Waals surface area contributed by atoms with E-state index in [1.807, 2.05) is 31.2 Å². The normalized spacial score (nSPS) is 11.2. The summed E-state index contributed by atoms with van der Waals surface area (Å²) < 4.78 is 0.926. The zero-order valence-electron chi connectivity index (χ0n) is 10.7. The van der Waals surface area contributed by atoms with E-state index in [0.29, 0.717) is 16.3 Å². The maximum atomic E-state index is 11.9. The van der Waals surface area contributed by atoms with Gasteiger partial charge in [0.25, 0.3) is 5.91 Å². The Morgan fingerprint density at radius 1 is 1.05 bits per heavy atom. The molecule has 102 valence electrons. The van der Waals surface area contributed by atoms with E-state index in [9.17, 15) is 4.79 Å². The van der Waals surface area contributed by atoms with Gasteiger partial charge in [-0.3, -0.25) is 4.79 Å². The first kappa shape index (κ1) is 14.8. The van der Waals surface area contributed by atoms with Crippen LogP contribution in [0, 0.1) is 0 Å². The van der Waals surface area contributed by atoms with Gasteiger partial charge in [-0.1, -0.05) is 39.7 Å². The third kappa shape index (κ3) is 3.92. The second kappa shape index (κ2) is 6.68. The maximum Gasteiger partial charge on any atom is 0.271 e. The first-order valence-corrected chi connectivity index (χ1v) is 7.09. The molecule has 0 atom stereocenters. The number of rotatable bonds is 3. The number of benzene rings is 2. The zero-order valence-corrected chi connectivity index (χ0v) is 13.1. The Kier molecular flexibility index (Phi) is 4.93. The molecule has 3 nitrogen and oxygen atoms in total. The van der Waals surface area contributed by atoms with E-state index >= 15 is 0 Å². The maximum absolute atomic E-state index is 11.9. The van der Waals surface area contributed by atoms with Crippen molar-refractivity contribution < 1.29 is 4.79 Å². The van der Waals surface area contributed by atoms with E-state index in [0.717, 1.165) is 10.0 Å². The lowest BCUT2D eigenvalue weighted by Crippen LogP contribution is -2.19. The lowest BCUT2D eigenvalue weighted by atomic mass is 10.1. The number of carbonyl (C=O) groups is 1. The third-order valence-electron chi connectivity index (χ3n) is 2.69. The smallest absolute Gasteiger partial charge is 0.267 e. The molecule has 0 saturated carbocycles. The number of amides is 1. The Bertz CT molecular complexity index is 636. The van der Waals surface area contributed by atoms with Crippen molar-refractivity contribution in [3.05, 3.63) is 69.2 Å². The van der Waals surface area contributed by atoms with Gasteiger partial charge < -0.3 is 0 Å². The number of hydrazone groups is 1. The average Bonchev–Trinajstić information content (AvgIpc) is 2.46. The van der Waals surface area contributed by atoms with Gasteiger partial charge in [-0.25, -0.2) is 5.43 Å². The fourth-order valence-electron chi connectivity index (χ4n) is 1.56. The van der Waals surface area contributed by atoms with Crippen LogP contribution >= 0.6 is 27.5 Å². The molecule has 0 heterocycles. The Morgan fingerprint density at radius 2 is 1.60 bits per heavy atom. The summed E-state index contributed by atoms with van der Waals surface area (Å²) in [6.45, 7) is 1.82. The van der Waals surface area contributed by atoms with Gasteiger partial charge >= 0.3 is 0 Å². The van der Waals surface area contributed by atoms with Gasteiger partial charge in [0.2, 0.25) is 0 Å². The van der Waals surface area contributed by atoms with E-state index in [1.54, 1.807) is 24.3 Å². The first-order chi connectivity index (χ1) is 9.56. The molecular formula is C15H12BrClN2O. The molecule has 5 heteroatoms. The van der Waals surface area contributed by atoms with E-state index in [4.69, 9.17) is 11.6 Å². The molecule has 1 amide bonds. The highest BCUT2D eigenvalue weighted by atomic mass is 79.9. The number of hydrogen-bond donors (Lipinski definition) is 1. The lowest BCUT2D eigenvalue weighted by molar-refractivity contribution is 0.0955. The number of halogens is 2. The summed E-state index contributed by atoms with van der Waals surface area (Å²) in [5, 5.41) is 4.75. The summed E-state index contributed by atoms with van der Waals surface area (Å²) >= 11 is 9.15. The highest BCUT2D eigenvalue weighted by Gasteiger charge is 2.04. The van der Waals surface area contributed by atoms with Gasteiger partial charge in [0.1, 0.15) is 0 Å². The standard InChI is InChI=1S/C15H12BrClN2O/c1-10(11-4-8-14(17)9-5-11)18-19-15(20)12-2-6-13(16)7-3-12/h2-9H,1H3,(H,19,20)/b18-10-. The molecular weight excluding hydrogens is 340 g/mol. The molecule has 0 radical (unpaired) electrons. The van der Waals surface area contributed by atoms with E-state index in [-0.39, 0.29) is 5.91 Å². The molecule has 20 heavy (non-hydrogen) atoms. The monoisotopic (exact) mass is 350 g/mol. The van der Waals surface area contributed by atoms with Crippen LogP contribution in [0.5, 0.6) is 0 Å². The Morgan fingerprint density at radius 3 is 2.20 bits per heavy atom. The molecule has 0 bridgehead atoms. The highest BCUT2D eigenvalue weighted by molar-refractivity contribution is 9.10. The first-order valence-electron chi connectivity index (χ1n) is 5.92. The molecule has 2 aromatic rings. The minimum absolute atomic E-state index is 0.245. The molecule has 2 aromatic carbocycles. The second-order valence-corrected chi connectivity index (χ2v) is 5.50. The van der Waals surface area contributed by atoms with Gasteiger partial charge in [0, 0.05) is 15.1 Å². The van der Waals surface area contributed by atoms with Crippen LogP contribution in [0.15, 0.2) is 58.1 Å². The van der Waals surface area contributed by atoms with Crippen LogP contribution in [-0.4, -0.2) is 11.6 Å². The summed E-state index contributed by atoms with van der Waals surface area (Å²) in [5.41, 5.74) is 4.71. The summed E-state index contributed by atoms with van der Waals surface area (Å²) in [7, 11) is 0.